The molecule has 0 unspecified atom stereocenters. The van der Waals surface area contributed by atoms with Crippen LogP contribution in [0, 0.1) is 0 Å². The Kier molecular flexibility index (Phi) is 7.78. The number of hydrogen-bond donors (Lipinski definition) is 0. The predicted octanol–water partition coefficient (Wildman–Crippen LogP) is 3.30. The lowest BCUT2D eigenvalue weighted by Crippen LogP contribution is -2.24. The van der Waals surface area contributed by atoms with Crippen molar-refractivity contribution in [3.8, 4) is 5.75 Å². The third-order valence-corrected chi connectivity index (χ3v) is 5.45. The van der Waals surface area contributed by atoms with E-state index in [4.69, 9.17) is 9.47 Å². The summed E-state index contributed by atoms with van der Waals surface area (Å²) in [6, 6.07) is 12.6. The first-order chi connectivity index (χ1) is 13.7. The molecule has 7 nitrogen and oxygen atoms in total. The van der Waals surface area contributed by atoms with Crippen LogP contribution in [0.15, 0.2) is 48.5 Å². The summed E-state index contributed by atoms with van der Waals surface area (Å²) in [5.41, 5.74) is 1.08. The molecule has 0 aromatic heterocycles. The Bertz CT molecular complexity index is 936. The van der Waals surface area contributed by atoms with Gasteiger partial charge in [-0.05, 0) is 55.0 Å². The van der Waals surface area contributed by atoms with Gasteiger partial charge in [0, 0.05) is 12.6 Å². The molecule has 2 aromatic rings. The zero-order chi connectivity index (χ0) is 21.4. The molecular formula is C21H25NO6S. The Morgan fingerprint density at radius 2 is 1.55 bits per heavy atom. The van der Waals surface area contributed by atoms with Gasteiger partial charge in [-0.25, -0.2) is 13.2 Å². The van der Waals surface area contributed by atoms with Gasteiger partial charge in [-0.15, -0.1) is 0 Å². The van der Waals surface area contributed by atoms with E-state index < -0.39 is 22.6 Å². The molecule has 2 aromatic carbocycles. The minimum atomic E-state index is -3.38. The second kappa shape index (κ2) is 10.1. The van der Waals surface area contributed by atoms with Gasteiger partial charge in [0.1, 0.15) is 5.75 Å². The molecule has 0 aliphatic rings. The fourth-order valence-electron chi connectivity index (χ4n) is 2.37. The lowest BCUT2D eigenvalue weighted by Gasteiger charge is -2.16. The standard InChI is InChI=1S/C21H25NO6S/c1-4-5-14-27-19-12-8-17(9-13-19)21(24)28-15-20(23)16-6-10-18(11-7-16)22(2)29(3,25)26/h6-13H,4-5,14-15H2,1-3H3. The molecule has 0 saturated carbocycles. The summed E-state index contributed by atoms with van der Waals surface area (Å²) < 4.78 is 34.8. The van der Waals surface area contributed by atoms with Gasteiger partial charge in [-0.1, -0.05) is 13.3 Å². The Hall–Kier alpha value is -2.87. The molecular weight excluding hydrogens is 394 g/mol. The van der Waals surface area contributed by atoms with Crippen molar-refractivity contribution in [2.24, 2.45) is 0 Å². The van der Waals surface area contributed by atoms with Crippen LogP contribution in [0.1, 0.15) is 40.5 Å². The molecule has 0 spiro atoms. The number of carbonyl (C=O) groups is 2. The number of benzene rings is 2. The van der Waals surface area contributed by atoms with Crippen LogP contribution in [-0.2, 0) is 14.8 Å². The van der Waals surface area contributed by atoms with Crippen LogP contribution in [0.2, 0.25) is 0 Å². The average molecular weight is 419 g/mol. The van der Waals surface area contributed by atoms with Crippen LogP contribution in [-0.4, -0.2) is 46.7 Å². The first kappa shape index (κ1) is 22.4. The van der Waals surface area contributed by atoms with Crippen LogP contribution in [0.4, 0.5) is 5.69 Å². The highest BCUT2D eigenvalue weighted by Gasteiger charge is 2.15. The quantitative estimate of drug-likeness (QED) is 0.333. The molecule has 8 heteroatoms. The molecule has 0 aliphatic heterocycles. The summed E-state index contributed by atoms with van der Waals surface area (Å²) >= 11 is 0. The van der Waals surface area contributed by atoms with E-state index in [2.05, 4.69) is 6.92 Å². The van der Waals surface area contributed by atoms with E-state index >= 15 is 0 Å². The molecule has 0 bridgehead atoms. The van der Waals surface area contributed by atoms with E-state index in [1.165, 1.54) is 31.3 Å². The number of hydrogen-bond acceptors (Lipinski definition) is 6. The van der Waals surface area contributed by atoms with Crippen molar-refractivity contribution in [3.05, 3.63) is 59.7 Å². The van der Waals surface area contributed by atoms with E-state index in [-0.39, 0.29) is 5.78 Å². The molecule has 156 valence electrons. The van der Waals surface area contributed by atoms with E-state index in [1.54, 1.807) is 24.3 Å². The first-order valence-corrected chi connectivity index (χ1v) is 11.0. The number of sulfonamides is 1. The summed E-state index contributed by atoms with van der Waals surface area (Å²) in [6.07, 6.45) is 3.09. The second-order valence-corrected chi connectivity index (χ2v) is 8.52. The Balaban J connectivity index is 1.90. The van der Waals surface area contributed by atoms with Gasteiger partial charge >= 0.3 is 5.97 Å². The number of ether oxygens (including phenoxy) is 2. The van der Waals surface area contributed by atoms with Gasteiger partial charge in [0.05, 0.1) is 24.1 Å². The topological polar surface area (TPSA) is 90.0 Å². The summed E-state index contributed by atoms with van der Waals surface area (Å²) in [7, 11) is -1.96. The lowest BCUT2D eigenvalue weighted by atomic mass is 10.1. The van der Waals surface area contributed by atoms with Crippen molar-refractivity contribution in [1.29, 1.82) is 0 Å². The van der Waals surface area contributed by atoms with Gasteiger partial charge < -0.3 is 9.47 Å². The molecule has 29 heavy (non-hydrogen) atoms. The molecule has 0 N–H and O–H groups in total. The fourth-order valence-corrected chi connectivity index (χ4v) is 2.87. The maximum Gasteiger partial charge on any atom is 0.338 e. The van der Waals surface area contributed by atoms with Crippen LogP contribution < -0.4 is 9.04 Å². The monoisotopic (exact) mass is 419 g/mol. The molecule has 0 aliphatic carbocycles. The molecule has 0 radical (unpaired) electrons. The third kappa shape index (κ3) is 6.60. The van der Waals surface area contributed by atoms with Crippen molar-refractivity contribution in [2.75, 3.05) is 30.8 Å². The van der Waals surface area contributed by atoms with E-state index in [0.717, 1.165) is 23.4 Å². The number of esters is 1. The zero-order valence-corrected chi connectivity index (χ0v) is 17.6. The van der Waals surface area contributed by atoms with Crippen molar-refractivity contribution in [3.63, 3.8) is 0 Å². The SMILES string of the molecule is CCCCOc1ccc(C(=O)OCC(=O)c2ccc(N(C)S(C)(=O)=O)cc2)cc1. The lowest BCUT2D eigenvalue weighted by molar-refractivity contribution is 0.0474. The number of carbonyl (C=O) groups excluding carboxylic acids is 2. The predicted molar refractivity (Wildman–Crippen MR) is 111 cm³/mol. The average Bonchev–Trinajstić information content (AvgIpc) is 2.71. The fraction of sp³-hybridized carbons (Fsp3) is 0.333. The normalized spacial score (nSPS) is 11.0. The van der Waals surface area contributed by atoms with E-state index in [1.807, 2.05) is 0 Å². The Labute approximate surface area is 171 Å². The summed E-state index contributed by atoms with van der Waals surface area (Å²) in [4.78, 5) is 24.3. The maximum atomic E-state index is 12.2. The van der Waals surface area contributed by atoms with Crippen LogP contribution in [0.3, 0.4) is 0 Å². The molecule has 0 atom stereocenters. The zero-order valence-electron chi connectivity index (χ0n) is 16.8. The van der Waals surface area contributed by atoms with Gasteiger partial charge in [-0.2, -0.15) is 0 Å². The Morgan fingerprint density at radius 3 is 2.10 bits per heavy atom. The van der Waals surface area contributed by atoms with Crippen molar-refractivity contribution >= 4 is 27.5 Å². The summed E-state index contributed by atoms with van der Waals surface area (Å²) in [5.74, 6) is -0.316. The molecule has 0 heterocycles. The molecule has 0 amide bonds. The number of Topliss-reactive ketones (excluding diaryl/α,β-unsaturated/α-hetero) is 1. The van der Waals surface area contributed by atoms with E-state index in [9.17, 15) is 18.0 Å². The number of unbranched alkanes of at least 4 members (excludes halogenated alkanes) is 1. The smallest absolute Gasteiger partial charge is 0.338 e. The molecule has 0 saturated heterocycles. The highest BCUT2D eigenvalue weighted by Crippen LogP contribution is 2.17. The largest absolute Gasteiger partial charge is 0.494 e. The number of anilines is 1. The molecule has 2 rings (SSSR count). The van der Waals surface area contributed by atoms with Crippen LogP contribution in [0.5, 0.6) is 5.75 Å². The number of nitrogens with zero attached hydrogens (tertiary/aromatic N) is 1. The van der Waals surface area contributed by atoms with Gasteiger partial charge in [0.25, 0.3) is 0 Å². The minimum absolute atomic E-state index is 0.322. The third-order valence-electron chi connectivity index (χ3n) is 4.24. The minimum Gasteiger partial charge on any atom is -0.494 e. The van der Waals surface area contributed by atoms with Crippen molar-refractivity contribution in [1.82, 2.24) is 0 Å². The maximum absolute atomic E-state index is 12.2. The van der Waals surface area contributed by atoms with Gasteiger partial charge in [0.15, 0.2) is 12.4 Å². The number of rotatable bonds is 10. The number of ketones is 1. The van der Waals surface area contributed by atoms with Crippen molar-refractivity contribution in [2.45, 2.75) is 19.8 Å². The van der Waals surface area contributed by atoms with Crippen LogP contribution >= 0.6 is 0 Å². The van der Waals surface area contributed by atoms with Crippen LogP contribution in [0.25, 0.3) is 0 Å². The van der Waals surface area contributed by atoms with Gasteiger partial charge in [-0.3, -0.25) is 9.10 Å². The summed E-state index contributed by atoms with van der Waals surface area (Å²) in [5, 5.41) is 0. The Morgan fingerprint density at radius 1 is 0.966 bits per heavy atom. The highest BCUT2D eigenvalue weighted by atomic mass is 32.2. The van der Waals surface area contributed by atoms with E-state index in [0.29, 0.717) is 29.2 Å². The highest BCUT2D eigenvalue weighted by molar-refractivity contribution is 7.92. The van der Waals surface area contributed by atoms with Crippen molar-refractivity contribution < 1.29 is 27.5 Å². The summed E-state index contributed by atoms with van der Waals surface area (Å²) in [6.45, 7) is 2.29. The molecule has 0 fully saturated rings. The van der Waals surface area contributed by atoms with Gasteiger partial charge in [0.2, 0.25) is 10.0 Å². The first-order valence-electron chi connectivity index (χ1n) is 9.19. The second-order valence-electron chi connectivity index (χ2n) is 6.50.